The number of benzene rings is 2. The lowest BCUT2D eigenvalue weighted by Crippen LogP contribution is -2.34. The molecule has 1 aliphatic heterocycles. The Labute approximate surface area is 172 Å². The highest BCUT2D eigenvalue weighted by atomic mass is 32.2. The molecule has 10 heteroatoms. The highest BCUT2D eigenvalue weighted by molar-refractivity contribution is 7.89. The molecule has 2 heterocycles. The van der Waals surface area contributed by atoms with E-state index in [2.05, 4.69) is 15.1 Å². The lowest BCUT2D eigenvalue weighted by molar-refractivity contribution is 0.101. The first-order chi connectivity index (χ1) is 14.4. The van der Waals surface area contributed by atoms with Crippen molar-refractivity contribution in [3.8, 4) is 0 Å². The Balaban J connectivity index is 1.52. The second-order valence-electron chi connectivity index (χ2n) is 6.89. The van der Waals surface area contributed by atoms with Crippen LogP contribution in [0.4, 0.5) is 0 Å². The summed E-state index contributed by atoms with van der Waals surface area (Å²) >= 11 is 0. The minimum atomic E-state index is -3.80. The van der Waals surface area contributed by atoms with Crippen LogP contribution >= 0.6 is 0 Å². The van der Waals surface area contributed by atoms with Gasteiger partial charge < -0.3 is 4.74 Å². The molecule has 0 unspecified atom stereocenters. The molecule has 3 aromatic rings. The quantitative estimate of drug-likeness (QED) is 0.610. The van der Waals surface area contributed by atoms with E-state index in [4.69, 9.17) is 4.74 Å². The summed E-state index contributed by atoms with van der Waals surface area (Å²) in [6.07, 6.45) is 2.79. The molecule has 0 aliphatic carbocycles. The van der Waals surface area contributed by atoms with E-state index in [0.717, 1.165) is 17.5 Å². The Morgan fingerprint density at radius 3 is 2.83 bits per heavy atom. The van der Waals surface area contributed by atoms with Gasteiger partial charge >= 0.3 is 0 Å². The number of nitrogens with one attached hydrogen (secondary N) is 2. The van der Waals surface area contributed by atoms with Crippen molar-refractivity contribution in [3.05, 3.63) is 70.8 Å². The molecule has 0 spiro atoms. The third-order valence-corrected chi connectivity index (χ3v) is 6.24. The van der Waals surface area contributed by atoms with E-state index in [1.165, 1.54) is 30.6 Å². The van der Waals surface area contributed by atoms with E-state index < -0.39 is 21.5 Å². The second-order valence-corrected chi connectivity index (χ2v) is 8.66. The van der Waals surface area contributed by atoms with E-state index in [0.29, 0.717) is 17.5 Å². The summed E-state index contributed by atoms with van der Waals surface area (Å²) in [5.41, 5.74) is 2.61. The number of sulfonamides is 1. The first-order valence-corrected chi connectivity index (χ1v) is 10.9. The zero-order valence-electron chi connectivity index (χ0n) is 15.9. The highest BCUT2D eigenvalue weighted by Gasteiger charge is 2.21. The number of ether oxygens (including phenoxy) is 1. The summed E-state index contributed by atoms with van der Waals surface area (Å²) in [6, 6.07) is 12.4. The number of rotatable bonds is 6. The fraction of sp³-hybridized carbons (Fsp3) is 0.250. The molecular formula is C20H20N4O5S. The number of amides is 1. The Morgan fingerprint density at radius 2 is 2.03 bits per heavy atom. The molecule has 2 aromatic carbocycles. The lowest BCUT2D eigenvalue weighted by Gasteiger charge is -2.12. The Hall–Kier alpha value is -3.08. The van der Waals surface area contributed by atoms with Gasteiger partial charge in [0.1, 0.15) is 6.33 Å². The number of carbonyl (C=O) groups is 1. The van der Waals surface area contributed by atoms with Crippen LogP contribution in [-0.2, 0) is 14.8 Å². The van der Waals surface area contributed by atoms with Crippen molar-refractivity contribution in [1.82, 2.24) is 14.4 Å². The molecule has 1 atom stereocenters. The number of aromatic nitrogens is 2. The molecule has 2 N–H and O–H groups in total. The van der Waals surface area contributed by atoms with Crippen LogP contribution in [0.15, 0.2) is 64.5 Å². The number of nitrogens with zero attached hydrogens (tertiary/aromatic N) is 2. The third-order valence-electron chi connectivity index (χ3n) is 4.82. The summed E-state index contributed by atoms with van der Waals surface area (Å²) in [7, 11) is -3.80. The molecule has 1 amide bonds. The SMILES string of the molecule is O=C(Nn1cnc2ccccc2c1=O)c1cccc(S(=O)(=O)NC[C@@H]2CCCO2)c1. The molecule has 1 aromatic heterocycles. The van der Waals surface area contributed by atoms with Gasteiger partial charge in [0.15, 0.2) is 0 Å². The predicted molar refractivity (Wildman–Crippen MR) is 110 cm³/mol. The standard InChI is InChI=1S/C20H20N4O5S/c25-19(23-24-13-21-18-9-2-1-8-17(18)20(24)26)14-5-3-7-16(11-14)30(27,28)22-12-15-6-4-10-29-15/h1-3,5,7-9,11,13,15,22H,4,6,10,12H2,(H,23,25)/t15-/m0/s1. The van der Waals surface area contributed by atoms with Crippen molar-refractivity contribution < 1.29 is 17.9 Å². The fourth-order valence-corrected chi connectivity index (χ4v) is 4.33. The third kappa shape index (κ3) is 4.25. The van der Waals surface area contributed by atoms with E-state index in [1.807, 2.05) is 0 Å². The Morgan fingerprint density at radius 1 is 1.20 bits per heavy atom. The maximum atomic E-state index is 12.6. The maximum Gasteiger partial charge on any atom is 0.280 e. The molecule has 0 radical (unpaired) electrons. The largest absolute Gasteiger partial charge is 0.377 e. The molecule has 1 aliphatic rings. The lowest BCUT2D eigenvalue weighted by atomic mass is 10.2. The van der Waals surface area contributed by atoms with Crippen molar-refractivity contribution in [3.63, 3.8) is 0 Å². The molecule has 1 fully saturated rings. The zero-order chi connectivity index (χ0) is 21.1. The van der Waals surface area contributed by atoms with Crippen LogP contribution in [0.5, 0.6) is 0 Å². The predicted octanol–water partition coefficient (Wildman–Crippen LogP) is 1.24. The average Bonchev–Trinajstić information content (AvgIpc) is 3.28. The highest BCUT2D eigenvalue weighted by Crippen LogP contribution is 2.15. The zero-order valence-corrected chi connectivity index (χ0v) is 16.8. The van der Waals surface area contributed by atoms with Crippen LogP contribution in [0.1, 0.15) is 23.2 Å². The number of para-hydroxylation sites is 1. The van der Waals surface area contributed by atoms with Gasteiger partial charge in [0.25, 0.3) is 11.5 Å². The van der Waals surface area contributed by atoms with Gasteiger partial charge in [-0.3, -0.25) is 15.0 Å². The van der Waals surface area contributed by atoms with Gasteiger partial charge in [-0.2, -0.15) is 0 Å². The first kappa shape index (κ1) is 20.2. The van der Waals surface area contributed by atoms with Crippen molar-refractivity contribution in [1.29, 1.82) is 0 Å². The summed E-state index contributed by atoms with van der Waals surface area (Å²) in [5, 5.41) is 0.356. The summed E-state index contributed by atoms with van der Waals surface area (Å²) < 4.78 is 34.0. The topological polar surface area (TPSA) is 119 Å². The second kappa shape index (κ2) is 8.34. The minimum Gasteiger partial charge on any atom is -0.377 e. The van der Waals surface area contributed by atoms with Crippen molar-refractivity contribution in [2.75, 3.05) is 18.6 Å². The van der Waals surface area contributed by atoms with Gasteiger partial charge in [-0.05, 0) is 43.2 Å². The molecule has 0 bridgehead atoms. The van der Waals surface area contributed by atoms with E-state index in [-0.39, 0.29) is 23.1 Å². The fourth-order valence-electron chi connectivity index (χ4n) is 3.22. The van der Waals surface area contributed by atoms with Gasteiger partial charge in [-0.15, -0.1) is 0 Å². The van der Waals surface area contributed by atoms with E-state index in [9.17, 15) is 18.0 Å². The van der Waals surface area contributed by atoms with E-state index in [1.54, 1.807) is 24.3 Å². The molecule has 1 saturated heterocycles. The molecule has 30 heavy (non-hydrogen) atoms. The van der Waals surface area contributed by atoms with Crippen LogP contribution in [0.25, 0.3) is 10.9 Å². The maximum absolute atomic E-state index is 12.6. The van der Waals surface area contributed by atoms with Gasteiger partial charge in [-0.1, -0.05) is 18.2 Å². The van der Waals surface area contributed by atoms with Crippen LogP contribution in [0.2, 0.25) is 0 Å². The van der Waals surface area contributed by atoms with Crippen LogP contribution in [0, 0.1) is 0 Å². The smallest absolute Gasteiger partial charge is 0.280 e. The Kier molecular flexibility index (Phi) is 5.62. The molecule has 0 saturated carbocycles. The molecule has 9 nitrogen and oxygen atoms in total. The summed E-state index contributed by atoms with van der Waals surface area (Å²) in [5.74, 6) is -0.634. The molecule has 4 rings (SSSR count). The van der Waals surface area contributed by atoms with Gasteiger partial charge in [0.2, 0.25) is 10.0 Å². The summed E-state index contributed by atoms with van der Waals surface area (Å²) in [6.45, 7) is 0.807. The number of hydrogen-bond donors (Lipinski definition) is 2. The minimum absolute atomic E-state index is 0.0443. The number of fused-ring (bicyclic) bond motifs is 1. The first-order valence-electron chi connectivity index (χ1n) is 9.43. The molecular weight excluding hydrogens is 408 g/mol. The van der Waals surface area contributed by atoms with E-state index >= 15 is 0 Å². The number of carbonyl (C=O) groups excluding carboxylic acids is 1. The van der Waals surface area contributed by atoms with Crippen molar-refractivity contribution in [2.45, 2.75) is 23.8 Å². The van der Waals surface area contributed by atoms with Gasteiger partial charge in [-0.25, -0.2) is 22.8 Å². The number of hydrogen-bond acceptors (Lipinski definition) is 6. The average molecular weight is 428 g/mol. The van der Waals surface area contributed by atoms with Crippen molar-refractivity contribution >= 4 is 26.8 Å². The van der Waals surface area contributed by atoms with Crippen LogP contribution < -0.4 is 15.7 Å². The van der Waals surface area contributed by atoms with Gasteiger partial charge in [0.05, 0.1) is 21.9 Å². The molecule has 156 valence electrons. The monoisotopic (exact) mass is 428 g/mol. The summed E-state index contributed by atoms with van der Waals surface area (Å²) in [4.78, 5) is 29.2. The Bertz CT molecular complexity index is 1250. The van der Waals surface area contributed by atoms with Gasteiger partial charge in [0, 0.05) is 18.7 Å². The normalized spacial score (nSPS) is 16.6. The van der Waals surface area contributed by atoms with Crippen LogP contribution in [-0.4, -0.2) is 43.2 Å². The van der Waals surface area contributed by atoms with Crippen LogP contribution in [0.3, 0.4) is 0 Å². The van der Waals surface area contributed by atoms with Crippen molar-refractivity contribution in [2.24, 2.45) is 0 Å².